The Morgan fingerprint density at radius 1 is 1.19 bits per heavy atom. The number of nitrogens with one attached hydrogen (secondary N) is 2. The fourth-order valence-electron chi connectivity index (χ4n) is 3.28. The second-order valence-electron chi connectivity index (χ2n) is 7.10. The highest BCUT2D eigenvalue weighted by Gasteiger charge is 2.27. The standard InChI is InChI=1S/C20H25ClN4O2/c1-13(2)23-20(27)18-24-17(16-5-3-4-12-25(16)18)19(26)22-11-10-14-6-8-15(21)9-7-14/h6-9,13H,3-5,10-12H2,1-2H3,(H,22,26)(H,23,27). The van der Waals surface area contributed by atoms with Crippen LogP contribution in [0.1, 0.15) is 59.1 Å². The van der Waals surface area contributed by atoms with Crippen molar-refractivity contribution in [2.45, 2.75) is 52.1 Å². The molecule has 0 bridgehead atoms. The highest BCUT2D eigenvalue weighted by atomic mass is 35.5. The molecule has 1 aliphatic rings. The van der Waals surface area contributed by atoms with Gasteiger partial charge < -0.3 is 15.2 Å². The summed E-state index contributed by atoms with van der Waals surface area (Å²) in [6.45, 7) is 5.03. The summed E-state index contributed by atoms with van der Waals surface area (Å²) in [6, 6.07) is 7.59. The number of carbonyl (C=O) groups is 2. The van der Waals surface area contributed by atoms with Crippen LogP contribution in [0.5, 0.6) is 0 Å². The van der Waals surface area contributed by atoms with E-state index in [9.17, 15) is 9.59 Å². The van der Waals surface area contributed by atoms with Gasteiger partial charge in [0.2, 0.25) is 0 Å². The van der Waals surface area contributed by atoms with Gasteiger partial charge >= 0.3 is 0 Å². The lowest BCUT2D eigenvalue weighted by atomic mass is 10.1. The van der Waals surface area contributed by atoms with E-state index in [0.717, 1.165) is 37.1 Å². The first-order valence-electron chi connectivity index (χ1n) is 9.38. The molecule has 2 N–H and O–H groups in total. The molecule has 1 aromatic heterocycles. The fraction of sp³-hybridized carbons (Fsp3) is 0.450. The molecule has 27 heavy (non-hydrogen) atoms. The highest BCUT2D eigenvalue weighted by molar-refractivity contribution is 6.30. The van der Waals surface area contributed by atoms with E-state index in [1.165, 1.54) is 0 Å². The summed E-state index contributed by atoms with van der Waals surface area (Å²) in [5, 5.41) is 6.49. The van der Waals surface area contributed by atoms with Crippen LogP contribution in [0.25, 0.3) is 0 Å². The van der Waals surface area contributed by atoms with Gasteiger partial charge in [0.05, 0.1) is 5.69 Å². The number of fused-ring (bicyclic) bond motifs is 1. The van der Waals surface area contributed by atoms with Gasteiger partial charge in [0.15, 0.2) is 5.82 Å². The van der Waals surface area contributed by atoms with Crippen LogP contribution in [-0.2, 0) is 19.4 Å². The lowest BCUT2D eigenvalue weighted by Gasteiger charge is -2.17. The summed E-state index contributed by atoms with van der Waals surface area (Å²) in [5.41, 5.74) is 2.34. The topological polar surface area (TPSA) is 76.0 Å². The lowest BCUT2D eigenvalue weighted by molar-refractivity contribution is 0.0927. The molecular weight excluding hydrogens is 364 g/mol. The number of rotatable bonds is 6. The number of halogens is 1. The van der Waals surface area contributed by atoms with Gasteiger partial charge in [-0.1, -0.05) is 23.7 Å². The Bertz CT molecular complexity index is 827. The van der Waals surface area contributed by atoms with E-state index < -0.39 is 0 Å². The van der Waals surface area contributed by atoms with Gasteiger partial charge in [-0.2, -0.15) is 0 Å². The van der Waals surface area contributed by atoms with E-state index in [-0.39, 0.29) is 17.9 Å². The van der Waals surface area contributed by atoms with Crippen LogP contribution in [-0.4, -0.2) is 34.0 Å². The number of imidazole rings is 1. The van der Waals surface area contributed by atoms with Crippen molar-refractivity contribution < 1.29 is 9.59 Å². The van der Waals surface area contributed by atoms with Crippen molar-refractivity contribution in [3.63, 3.8) is 0 Å². The largest absolute Gasteiger partial charge is 0.350 e. The fourth-order valence-corrected chi connectivity index (χ4v) is 3.41. The zero-order valence-electron chi connectivity index (χ0n) is 15.7. The first-order valence-corrected chi connectivity index (χ1v) is 9.76. The Labute approximate surface area is 164 Å². The first-order chi connectivity index (χ1) is 13.0. The third kappa shape index (κ3) is 4.69. The molecule has 0 spiro atoms. The van der Waals surface area contributed by atoms with Crippen LogP contribution in [0, 0.1) is 0 Å². The van der Waals surface area contributed by atoms with Gasteiger partial charge in [-0.25, -0.2) is 4.98 Å². The molecule has 6 nitrogen and oxygen atoms in total. The number of carbonyl (C=O) groups excluding carboxylic acids is 2. The van der Waals surface area contributed by atoms with Gasteiger partial charge in [0.1, 0.15) is 5.69 Å². The Hall–Kier alpha value is -2.34. The molecule has 0 unspecified atom stereocenters. The van der Waals surface area contributed by atoms with Crippen molar-refractivity contribution in [1.82, 2.24) is 20.2 Å². The zero-order chi connectivity index (χ0) is 19.4. The molecule has 1 aromatic carbocycles. The SMILES string of the molecule is CC(C)NC(=O)c1nc(C(=O)NCCc2ccc(Cl)cc2)c2n1CCCC2. The average molecular weight is 389 g/mol. The van der Waals surface area contributed by atoms with Crippen LogP contribution in [0.2, 0.25) is 5.02 Å². The number of amides is 2. The number of hydrogen-bond donors (Lipinski definition) is 2. The molecule has 2 amide bonds. The molecule has 1 aliphatic heterocycles. The van der Waals surface area contributed by atoms with Crippen LogP contribution < -0.4 is 10.6 Å². The lowest BCUT2D eigenvalue weighted by Crippen LogP contribution is -2.33. The highest BCUT2D eigenvalue weighted by Crippen LogP contribution is 2.21. The van der Waals surface area contributed by atoms with Crippen LogP contribution in [0.3, 0.4) is 0 Å². The van der Waals surface area contributed by atoms with Crippen molar-refractivity contribution >= 4 is 23.4 Å². The van der Waals surface area contributed by atoms with Gasteiger partial charge in [-0.3, -0.25) is 9.59 Å². The molecule has 7 heteroatoms. The Morgan fingerprint density at radius 2 is 1.93 bits per heavy atom. The quantitative estimate of drug-likeness (QED) is 0.798. The van der Waals surface area contributed by atoms with Crippen molar-refractivity contribution in [1.29, 1.82) is 0 Å². The molecule has 0 radical (unpaired) electrons. The Kier molecular flexibility index (Phi) is 6.16. The predicted molar refractivity (Wildman–Crippen MR) is 105 cm³/mol. The van der Waals surface area contributed by atoms with Crippen LogP contribution in [0.4, 0.5) is 0 Å². The molecule has 2 aromatic rings. The van der Waals surface area contributed by atoms with E-state index in [4.69, 9.17) is 11.6 Å². The first kappa shape index (κ1) is 19.4. The van der Waals surface area contributed by atoms with Gasteiger partial charge in [-0.05, 0) is 57.2 Å². The van der Waals surface area contributed by atoms with E-state index in [0.29, 0.717) is 29.5 Å². The minimum Gasteiger partial charge on any atom is -0.350 e. The smallest absolute Gasteiger partial charge is 0.287 e. The number of hydrogen-bond acceptors (Lipinski definition) is 3. The number of benzene rings is 1. The molecule has 2 heterocycles. The number of nitrogens with zero attached hydrogens (tertiary/aromatic N) is 2. The summed E-state index contributed by atoms with van der Waals surface area (Å²) < 4.78 is 1.90. The van der Waals surface area contributed by atoms with Crippen LogP contribution >= 0.6 is 11.6 Å². The summed E-state index contributed by atoms with van der Waals surface area (Å²) >= 11 is 5.89. The summed E-state index contributed by atoms with van der Waals surface area (Å²) in [7, 11) is 0. The maximum absolute atomic E-state index is 12.7. The van der Waals surface area contributed by atoms with E-state index in [1.54, 1.807) is 0 Å². The Morgan fingerprint density at radius 3 is 2.63 bits per heavy atom. The average Bonchev–Trinajstić information content (AvgIpc) is 3.03. The summed E-state index contributed by atoms with van der Waals surface area (Å²) in [6.07, 6.45) is 3.46. The molecule has 3 rings (SSSR count). The van der Waals surface area contributed by atoms with Crippen molar-refractivity contribution in [3.8, 4) is 0 Å². The monoisotopic (exact) mass is 388 g/mol. The minimum absolute atomic E-state index is 0.0192. The second kappa shape index (κ2) is 8.57. The second-order valence-corrected chi connectivity index (χ2v) is 7.54. The van der Waals surface area contributed by atoms with Crippen molar-refractivity contribution in [2.24, 2.45) is 0 Å². The third-order valence-corrected chi connectivity index (χ3v) is 4.82. The zero-order valence-corrected chi connectivity index (χ0v) is 16.5. The molecule has 0 fully saturated rings. The van der Waals surface area contributed by atoms with E-state index in [2.05, 4.69) is 15.6 Å². The Balaban J connectivity index is 1.71. The van der Waals surface area contributed by atoms with Gasteiger partial charge in [-0.15, -0.1) is 0 Å². The van der Waals surface area contributed by atoms with E-state index >= 15 is 0 Å². The molecule has 0 saturated carbocycles. The van der Waals surface area contributed by atoms with Gasteiger partial charge in [0, 0.05) is 24.2 Å². The summed E-state index contributed by atoms with van der Waals surface area (Å²) in [4.78, 5) is 29.5. The van der Waals surface area contributed by atoms with Crippen molar-refractivity contribution in [2.75, 3.05) is 6.54 Å². The summed E-state index contributed by atoms with van der Waals surface area (Å²) in [5.74, 6) is -0.118. The predicted octanol–water partition coefficient (Wildman–Crippen LogP) is 2.98. The normalized spacial score (nSPS) is 13.3. The molecule has 0 aliphatic carbocycles. The molecule has 0 saturated heterocycles. The molecule has 0 atom stereocenters. The van der Waals surface area contributed by atoms with Crippen LogP contribution in [0.15, 0.2) is 24.3 Å². The minimum atomic E-state index is -0.228. The maximum atomic E-state index is 12.7. The van der Waals surface area contributed by atoms with Crippen molar-refractivity contribution in [3.05, 3.63) is 52.1 Å². The molecular formula is C20H25ClN4O2. The maximum Gasteiger partial charge on any atom is 0.287 e. The van der Waals surface area contributed by atoms with E-state index in [1.807, 2.05) is 42.7 Å². The van der Waals surface area contributed by atoms with Gasteiger partial charge in [0.25, 0.3) is 11.8 Å². The molecule has 144 valence electrons. The number of aromatic nitrogens is 2. The third-order valence-electron chi connectivity index (χ3n) is 4.57.